The van der Waals surface area contributed by atoms with Gasteiger partial charge in [-0.05, 0) is 69.0 Å². The van der Waals surface area contributed by atoms with Crippen LogP contribution in [0.3, 0.4) is 0 Å². The normalized spacial score (nSPS) is 10.8. The second kappa shape index (κ2) is 6.63. The Hall–Kier alpha value is -2.75. The zero-order chi connectivity index (χ0) is 18.1. The van der Waals surface area contributed by atoms with Crippen molar-refractivity contribution in [2.45, 2.75) is 34.6 Å². The fraction of sp³-hybridized carbons (Fsp3) is 0.286. The maximum Gasteiger partial charge on any atom is 0.163 e. The van der Waals surface area contributed by atoms with E-state index in [1.165, 1.54) is 39.2 Å². The van der Waals surface area contributed by atoms with E-state index in [0.29, 0.717) is 0 Å². The molecule has 4 heteroatoms. The van der Waals surface area contributed by atoms with Gasteiger partial charge in [0.2, 0.25) is 0 Å². The Bertz CT molecular complexity index is 870. The second-order valence-electron chi connectivity index (χ2n) is 6.58. The molecule has 0 aliphatic heterocycles. The fourth-order valence-electron chi connectivity index (χ4n) is 3.40. The fourth-order valence-corrected chi connectivity index (χ4v) is 3.40. The Morgan fingerprint density at radius 2 is 1.24 bits per heavy atom. The van der Waals surface area contributed by atoms with Crippen LogP contribution in [0.5, 0.6) is 0 Å². The van der Waals surface area contributed by atoms with Crippen LogP contribution in [0.1, 0.15) is 27.8 Å². The van der Waals surface area contributed by atoms with E-state index in [4.69, 9.17) is 0 Å². The predicted molar refractivity (Wildman–Crippen MR) is 103 cm³/mol. The van der Waals surface area contributed by atoms with Gasteiger partial charge < -0.3 is 4.90 Å². The van der Waals surface area contributed by atoms with Gasteiger partial charge in [-0.1, -0.05) is 17.7 Å². The Morgan fingerprint density at radius 1 is 0.720 bits per heavy atom. The van der Waals surface area contributed by atoms with Crippen molar-refractivity contribution < 1.29 is 0 Å². The Kier molecular flexibility index (Phi) is 4.53. The van der Waals surface area contributed by atoms with Crippen LogP contribution in [0.25, 0.3) is 11.4 Å². The lowest BCUT2D eigenvalue weighted by atomic mass is 9.91. The molecule has 0 unspecified atom stereocenters. The summed E-state index contributed by atoms with van der Waals surface area (Å²) in [6.07, 6.45) is 3.11. The minimum absolute atomic E-state index is 0.737. The smallest absolute Gasteiger partial charge is 0.163 e. The molecule has 0 amide bonds. The van der Waals surface area contributed by atoms with Gasteiger partial charge in [-0.15, -0.1) is 0 Å². The van der Waals surface area contributed by atoms with Crippen molar-refractivity contribution in [2.24, 2.45) is 0 Å². The molecule has 128 valence electrons. The van der Waals surface area contributed by atoms with E-state index in [1.54, 1.807) is 12.7 Å². The molecule has 0 spiro atoms. The van der Waals surface area contributed by atoms with Crippen LogP contribution in [0.4, 0.5) is 11.4 Å². The first-order valence-electron chi connectivity index (χ1n) is 8.45. The van der Waals surface area contributed by atoms with Crippen LogP contribution in [0, 0.1) is 34.6 Å². The summed E-state index contributed by atoms with van der Waals surface area (Å²) in [5.74, 6) is 0.737. The van der Waals surface area contributed by atoms with Gasteiger partial charge in [0, 0.05) is 24.0 Å². The summed E-state index contributed by atoms with van der Waals surface area (Å²) in [6, 6.07) is 8.63. The SMILES string of the molecule is Cc1ccc(N(C)c2c(C)c(C)c(-c3ncncn3)c(C)c2C)cc1. The monoisotopic (exact) mass is 332 g/mol. The second-order valence-corrected chi connectivity index (χ2v) is 6.58. The van der Waals surface area contributed by atoms with E-state index >= 15 is 0 Å². The van der Waals surface area contributed by atoms with Crippen molar-refractivity contribution in [3.8, 4) is 11.4 Å². The number of benzene rings is 2. The van der Waals surface area contributed by atoms with Gasteiger partial charge in [-0.2, -0.15) is 0 Å². The molecule has 2 aromatic carbocycles. The van der Waals surface area contributed by atoms with Crippen LogP contribution in [-0.2, 0) is 0 Å². The molecule has 4 nitrogen and oxygen atoms in total. The predicted octanol–water partition coefficient (Wildman–Crippen LogP) is 4.85. The maximum absolute atomic E-state index is 4.36. The quantitative estimate of drug-likeness (QED) is 0.687. The first-order chi connectivity index (χ1) is 11.9. The zero-order valence-corrected chi connectivity index (χ0v) is 15.8. The number of aromatic nitrogens is 3. The van der Waals surface area contributed by atoms with Crippen molar-refractivity contribution in [3.63, 3.8) is 0 Å². The third-order valence-electron chi connectivity index (χ3n) is 5.06. The first kappa shape index (κ1) is 17.1. The van der Waals surface area contributed by atoms with Crippen molar-refractivity contribution in [1.29, 1.82) is 0 Å². The molecular weight excluding hydrogens is 308 g/mol. The minimum Gasteiger partial charge on any atom is -0.344 e. The highest BCUT2D eigenvalue weighted by Crippen LogP contribution is 2.39. The standard InChI is InChI=1S/C21H24N4/c1-13-7-9-18(10-8-13)25(6)20-16(4)14(2)19(15(3)17(20)5)21-23-11-22-12-24-21/h7-12H,1-6H3. The molecule has 3 aromatic rings. The first-order valence-corrected chi connectivity index (χ1v) is 8.45. The van der Waals surface area contributed by atoms with Crippen LogP contribution in [0.2, 0.25) is 0 Å². The molecule has 0 saturated carbocycles. The maximum atomic E-state index is 4.36. The highest BCUT2D eigenvalue weighted by Gasteiger charge is 2.20. The Labute approximate surface area is 149 Å². The van der Waals surface area contributed by atoms with E-state index in [-0.39, 0.29) is 0 Å². The van der Waals surface area contributed by atoms with Crippen LogP contribution < -0.4 is 4.90 Å². The molecule has 0 radical (unpaired) electrons. The number of hydrogen-bond acceptors (Lipinski definition) is 4. The summed E-state index contributed by atoms with van der Waals surface area (Å²) in [6.45, 7) is 10.7. The molecule has 0 N–H and O–H groups in total. The molecule has 25 heavy (non-hydrogen) atoms. The molecule has 0 aliphatic rings. The summed E-state index contributed by atoms with van der Waals surface area (Å²) >= 11 is 0. The van der Waals surface area contributed by atoms with Gasteiger partial charge >= 0.3 is 0 Å². The molecule has 0 bridgehead atoms. The molecule has 0 saturated heterocycles. The summed E-state index contributed by atoms with van der Waals surface area (Å²) < 4.78 is 0. The average molecular weight is 332 g/mol. The van der Waals surface area contributed by atoms with Gasteiger partial charge in [0.25, 0.3) is 0 Å². The van der Waals surface area contributed by atoms with Crippen LogP contribution in [-0.4, -0.2) is 22.0 Å². The average Bonchev–Trinajstić information content (AvgIpc) is 2.62. The number of nitrogens with zero attached hydrogens (tertiary/aromatic N) is 4. The van der Waals surface area contributed by atoms with E-state index < -0.39 is 0 Å². The highest BCUT2D eigenvalue weighted by atomic mass is 15.1. The van der Waals surface area contributed by atoms with E-state index in [1.807, 2.05) is 0 Å². The molecule has 3 rings (SSSR count). The van der Waals surface area contributed by atoms with Crippen molar-refractivity contribution in [3.05, 3.63) is 64.7 Å². The van der Waals surface area contributed by atoms with E-state index in [2.05, 4.69) is 85.8 Å². The van der Waals surface area contributed by atoms with Crippen molar-refractivity contribution in [1.82, 2.24) is 15.0 Å². The third-order valence-corrected chi connectivity index (χ3v) is 5.06. The minimum atomic E-state index is 0.737. The van der Waals surface area contributed by atoms with Gasteiger partial charge in [0.15, 0.2) is 5.82 Å². The summed E-state index contributed by atoms with van der Waals surface area (Å²) in [7, 11) is 2.13. The molecular formula is C21H24N4. The van der Waals surface area contributed by atoms with Crippen molar-refractivity contribution >= 4 is 11.4 Å². The molecule has 1 aromatic heterocycles. The Balaban J connectivity index is 2.18. The number of rotatable bonds is 3. The summed E-state index contributed by atoms with van der Waals surface area (Å²) in [4.78, 5) is 14.9. The highest BCUT2D eigenvalue weighted by molar-refractivity contribution is 5.79. The van der Waals surface area contributed by atoms with Crippen LogP contribution >= 0.6 is 0 Å². The number of aryl methyl sites for hydroxylation is 1. The lowest BCUT2D eigenvalue weighted by Gasteiger charge is -2.28. The topological polar surface area (TPSA) is 41.9 Å². The molecule has 0 aliphatic carbocycles. The van der Waals surface area contributed by atoms with Crippen molar-refractivity contribution in [2.75, 3.05) is 11.9 Å². The van der Waals surface area contributed by atoms with Gasteiger partial charge in [0.1, 0.15) is 12.7 Å². The third kappa shape index (κ3) is 3.00. The summed E-state index contributed by atoms with van der Waals surface area (Å²) in [5, 5.41) is 0. The van der Waals surface area contributed by atoms with Crippen LogP contribution in [0.15, 0.2) is 36.9 Å². The lowest BCUT2D eigenvalue weighted by molar-refractivity contribution is 1.04. The molecule has 1 heterocycles. The number of anilines is 2. The molecule has 0 atom stereocenters. The zero-order valence-electron chi connectivity index (χ0n) is 15.8. The van der Waals surface area contributed by atoms with Gasteiger partial charge in [-0.25, -0.2) is 15.0 Å². The molecule has 0 fully saturated rings. The van der Waals surface area contributed by atoms with Gasteiger partial charge in [-0.3, -0.25) is 0 Å². The largest absolute Gasteiger partial charge is 0.344 e. The number of hydrogen-bond donors (Lipinski definition) is 0. The van der Waals surface area contributed by atoms with E-state index in [9.17, 15) is 0 Å². The van der Waals surface area contributed by atoms with Gasteiger partial charge in [0.05, 0.1) is 0 Å². The summed E-state index contributed by atoms with van der Waals surface area (Å²) in [5.41, 5.74) is 9.73. The Morgan fingerprint density at radius 3 is 1.76 bits per heavy atom. The van der Waals surface area contributed by atoms with E-state index in [0.717, 1.165) is 11.4 Å². The lowest BCUT2D eigenvalue weighted by Crippen LogP contribution is -2.15.